The van der Waals surface area contributed by atoms with E-state index in [0.29, 0.717) is 5.75 Å². The molecule has 0 amide bonds. The first kappa shape index (κ1) is 18.8. The summed E-state index contributed by atoms with van der Waals surface area (Å²) >= 11 is 0.963. The number of hydrogen-bond acceptors (Lipinski definition) is 6. The lowest BCUT2D eigenvalue weighted by Crippen LogP contribution is -2.23. The van der Waals surface area contributed by atoms with Crippen LogP contribution in [0, 0.1) is 0 Å². The lowest BCUT2D eigenvalue weighted by atomic mass is 9.78. The molecule has 0 saturated carbocycles. The first-order valence-corrected chi connectivity index (χ1v) is 9.25. The highest BCUT2D eigenvalue weighted by Gasteiger charge is 2.22. The number of thiazole rings is 1. The number of aromatic nitrogens is 1. The molecule has 6 heteroatoms. The average molecular weight is 380 g/mol. The van der Waals surface area contributed by atoms with Crippen LogP contribution in [0.15, 0.2) is 60.0 Å². The number of benzene rings is 2. The number of ketones is 1. The maximum absolute atomic E-state index is 12.1. The van der Waals surface area contributed by atoms with Gasteiger partial charge in [-0.3, -0.25) is 4.79 Å². The minimum atomic E-state index is -1.40. The number of carbonyl (C=O) groups excluding carboxylic acids is 2. The molecule has 0 aliphatic rings. The second-order valence-corrected chi connectivity index (χ2v) is 7.41. The molecule has 1 heterocycles. The van der Waals surface area contributed by atoms with E-state index in [1.54, 1.807) is 0 Å². The topological polar surface area (TPSA) is 79.3 Å². The van der Waals surface area contributed by atoms with E-state index < -0.39 is 5.97 Å². The van der Waals surface area contributed by atoms with Gasteiger partial charge < -0.3 is 14.6 Å². The summed E-state index contributed by atoms with van der Waals surface area (Å²) in [7, 11) is 0. The van der Waals surface area contributed by atoms with Crippen molar-refractivity contribution in [2.45, 2.75) is 19.3 Å². The highest BCUT2D eigenvalue weighted by molar-refractivity contribution is 7.12. The Labute approximate surface area is 161 Å². The standard InChI is InChI=1S/C21H19NO4S/c1-21(2,14-6-4-3-5-7-14)15-8-10-16(11-9-15)26-12-18(23)19-22-17(13-27-19)20(24)25/h3-11,13H,12H2,1-2H3,(H,24,25)/p-1. The Morgan fingerprint density at radius 2 is 1.67 bits per heavy atom. The molecule has 3 rings (SSSR count). The fraction of sp³-hybridized carbons (Fsp3) is 0.190. The van der Waals surface area contributed by atoms with Gasteiger partial charge >= 0.3 is 0 Å². The van der Waals surface area contributed by atoms with Crippen molar-refractivity contribution >= 4 is 23.1 Å². The van der Waals surface area contributed by atoms with E-state index in [1.165, 1.54) is 10.9 Å². The number of carboxylic acid groups (broad SMARTS) is 1. The van der Waals surface area contributed by atoms with Crippen LogP contribution < -0.4 is 9.84 Å². The van der Waals surface area contributed by atoms with Crippen molar-refractivity contribution in [2.75, 3.05) is 6.61 Å². The zero-order chi connectivity index (χ0) is 19.4. The van der Waals surface area contributed by atoms with Crippen molar-refractivity contribution in [1.82, 2.24) is 4.98 Å². The molecule has 2 aromatic carbocycles. The molecule has 5 nitrogen and oxygen atoms in total. The third-order valence-electron chi connectivity index (χ3n) is 4.39. The van der Waals surface area contributed by atoms with Crippen molar-refractivity contribution in [3.8, 4) is 5.75 Å². The molecule has 0 N–H and O–H groups in total. The molecular weight excluding hydrogens is 362 g/mol. The largest absolute Gasteiger partial charge is 0.543 e. The Morgan fingerprint density at radius 3 is 2.26 bits per heavy atom. The van der Waals surface area contributed by atoms with Crippen LogP contribution in [-0.2, 0) is 5.41 Å². The van der Waals surface area contributed by atoms with E-state index in [1.807, 2.05) is 42.5 Å². The maximum atomic E-state index is 12.1. The summed E-state index contributed by atoms with van der Waals surface area (Å²) in [4.78, 5) is 26.5. The molecule has 0 saturated heterocycles. The Morgan fingerprint density at radius 1 is 1.04 bits per heavy atom. The predicted octanol–water partition coefficient (Wildman–Crippen LogP) is 3.09. The molecule has 0 radical (unpaired) electrons. The number of nitrogens with zero attached hydrogens (tertiary/aromatic N) is 1. The third kappa shape index (κ3) is 4.23. The lowest BCUT2D eigenvalue weighted by Gasteiger charge is -2.26. The van der Waals surface area contributed by atoms with Gasteiger partial charge in [0.15, 0.2) is 11.6 Å². The highest BCUT2D eigenvalue weighted by Crippen LogP contribution is 2.32. The van der Waals surface area contributed by atoms with E-state index in [0.717, 1.165) is 16.9 Å². The van der Waals surface area contributed by atoms with Crippen molar-refractivity contribution in [3.63, 3.8) is 0 Å². The summed E-state index contributed by atoms with van der Waals surface area (Å²) in [5, 5.41) is 12.1. The smallest absolute Gasteiger partial charge is 0.228 e. The van der Waals surface area contributed by atoms with Crippen LogP contribution in [0.4, 0.5) is 0 Å². The minimum absolute atomic E-state index is 0.0935. The fourth-order valence-electron chi connectivity index (χ4n) is 2.70. The van der Waals surface area contributed by atoms with Gasteiger partial charge in [-0.1, -0.05) is 56.3 Å². The molecule has 0 atom stereocenters. The van der Waals surface area contributed by atoms with Gasteiger partial charge in [0.25, 0.3) is 0 Å². The average Bonchev–Trinajstić information content (AvgIpc) is 3.18. The SMILES string of the molecule is CC(C)(c1ccccc1)c1ccc(OCC(=O)c2nc(C(=O)[O-])cs2)cc1. The summed E-state index contributed by atoms with van der Waals surface area (Å²) in [5.74, 6) is -1.21. The van der Waals surface area contributed by atoms with Crippen LogP contribution in [0.3, 0.4) is 0 Å². The van der Waals surface area contributed by atoms with Crippen LogP contribution in [0.1, 0.15) is 45.3 Å². The molecule has 3 aromatic rings. The van der Waals surface area contributed by atoms with E-state index >= 15 is 0 Å². The summed E-state index contributed by atoms with van der Waals surface area (Å²) in [6.45, 7) is 4.10. The van der Waals surface area contributed by atoms with Crippen LogP contribution in [0.5, 0.6) is 5.75 Å². The fourth-order valence-corrected chi connectivity index (χ4v) is 3.41. The van der Waals surface area contributed by atoms with E-state index in [4.69, 9.17) is 4.74 Å². The Kier molecular flexibility index (Phi) is 5.37. The van der Waals surface area contributed by atoms with Crippen LogP contribution in [-0.4, -0.2) is 23.3 Å². The van der Waals surface area contributed by atoms with Gasteiger partial charge in [0.2, 0.25) is 5.78 Å². The second-order valence-electron chi connectivity index (χ2n) is 6.55. The molecule has 0 unspecified atom stereocenters. The van der Waals surface area contributed by atoms with Crippen LogP contribution in [0.2, 0.25) is 0 Å². The van der Waals surface area contributed by atoms with Crippen molar-refractivity contribution in [3.05, 3.63) is 81.8 Å². The number of Topliss-reactive ketones (excluding diaryl/α,β-unsaturated/α-hetero) is 1. The first-order chi connectivity index (χ1) is 12.9. The Bertz CT molecular complexity index is 946. The Hall–Kier alpha value is -2.99. The number of carboxylic acids is 1. The minimum Gasteiger partial charge on any atom is -0.543 e. The maximum Gasteiger partial charge on any atom is 0.228 e. The number of ether oxygens (including phenoxy) is 1. The molecule has 27 heavy (non-hydrogen) atoms. The summed E-state index contributed by atoms with van der Waals surface area (Å²) in [5.41, 5.74) is 1.95. The summed E-state index contributed by atoms with van der Waals surface area (Å²) in [6, 6.07) is 17.8. The van der Waals surface area contributed by atoms with Gasteiger partial charge in [0.1, 0.15) is 5.75 Å². The monoisotopic (exact) mass is 380 g/mol. The van der Waals surface area contributed by atoms with E-state index in [-0.39, 0.29) is 28.5 Å². The predicted molar refractivity (Wildman–Crippen MR) is 101 cm³/mol. The number of rotatable bonds is 7. The normalized spacial score (nSPS) is 11.2. The molecule has 138 valence electrons. The molecule has 1 aromatic heterocycles. The van der Waals surface area contributed by atoms with Gasteiger partial charge in [-0.15, -0.1) is 11.3 Å². The zero-order valence-electron chi connectivity index (χ0n) is 15.0. The first-order valence-electron chi connectivity index (χ1n) is 8.37. The molecule has 0 spiro atoms. The van der Waals surface area contributed by atoms with Gasteiger partial charge in [0.05, 0.1) is 11.7 Å². The number of aromatic carboxylic acids is 1. The van der Waals surface area contributed by atoms with Gasteiger partial charge in [-0.05, 0) is 23.3 Å². The highest BCUT2D eigenvalue weighted by atomic mass is 32.1. The molecule has 0 aliphatic carbocycles. The van der Waals surface area contributed by atoms with Crippen LogP contribution in [0.25, 0.3) is 0 Å². The molecule has 0 bridgehead atoms. The Balaban J connectivity index is 1.65. The van der Waals surface area contributed by atoms with Gasteiger partial charge in [-0.25, -0.2) is 4.98 Å². The quantitative estimate of drug-likeness (QED) is 0.589. The molecule has 0 fully saturated rings. The van der Waals surface area contributed by atoms with E-state index in [9.17, 15) is 14.7 Å². The summed E-state index contributed by atoms with van der Waals surface area (Å²) < 4.78 is 5.52. The second kappa shape index (κ2) is 7.72. The molecule has 0 aliphatic heterocycles. The van der Waals surface area contributed by atoms with E-state index in [2.05, 4.69) is 31.0 Å². The lowest BCUT2D eigenvalue weighted by molar-refractivity contribution is -0.255. The van der Waals surface area contributed by atoms with Gasteiger partial charge in [0, 0.05) is 10.8 Å². The number of carbonyl (C=O) groups is 2. The zero-order valence-corrected chi connectivity index (χ0v) is 15.8. The van der Waals surface area contributed by atoms with Crippen molar-refractivity contribution in [2.24, 2.45) is 0 Å². The van der Waals surface area contributed by atoms with Crippen molar-refractivity contribution < 1.29 is 19.4 Å². The third-order valence-corrected chi connectivity index (χ3v) is 5.28. The molecular formula is C21H18NO4S-. The van der Waals surface area contributed by atoms with Gasteiger partial charge in [-0.2, -0.15) is 0 Å². The van der Waals surface area contributed by atoms with Crippen LogP contribution >= 0.6 is 11.3 Å². The van der Waals surface area contributed by atoms with Crippen molar-refractivity contribution in [1.29, 1.82) is 0 Å². The summed E-state index contributed by atoms with van der Waals surface area (Å²) in [6.07, 6.45) is 0. The number of hydrogen-bond donors (Lipinski definition) is 0.